The number of aromatic nitrogens is 4. The Kier molecular flexibility index (Phi) is 4.52. The van der Waals surface area contributed by atoms with Crippen molar-refractivity contribution in [3.05, 3.63) is 30.3 Å². The van der Waals surface area contributed by atoms with Gasteiger partial charge in [-0.3, -0.25) is 4.79 Å². The standard InChI is InChI=1S/C14H20N6O/c1-14(2,3)16-12(21)9-10-15-13-17-18-19-20(13)11-7-5-4-6-8-11/h4-8H,9-10H2,1-3H3,(H,16,21)(H,15,17,19). The molecule has 0 unspecified atom stereocenters. The molecule has 0 aliphatic carbocycles. The summed E-state index contributed by atoms with van der Waals surface area (Å²) < 4.78 is 1.60. The van der Waals surface area contributed by atoms with Crippen molar-refractivity contribution >= 4 is 11.9 Å². The van der Waals surface area contributed by atoms with Gasteiger partial charge in [-0.25, -0.2) is 0 Å². The van der Waals surface area contributed by atoms with Crippen LogP contribution in [0, 0.1) is 0 Å². The van der Waals surface area contributed by atoms with Gasteiger partial charge in [0.05, 0.1) is 5.69 Å². The molecule has 2 rings (SSSR count). The molecule has 7 heteroatoms. The fraction of sp³-hybridized carbons (Fsp3) is 0.429. The molecule has 0 aliphatic rings. The molecule has 0 fully saturated rings. The van der Waals surface area contributed by atoms with Crippen molar-refractivity contribution in [2.75, 3.05) is 11.9 Å². The minimum absolute atomic E-state index is 0.00580. The lowest BCUT2D eigenvalue weighted by Gasteiger charge is -2.20. The van der Waals surface area contributed by atoms with Crippen LogP contribution < -0.4 is 10.6 Å². The SMILES string of the molecule is CC(C)(C)NC(=O)CCNc1nnnn1-c1ccccc1. The van der Waals surface area contributed by atoms with Crippen molar-refractivity contribution in [2.45, 2.75) is 32.7 Å². The van der Waals surface area contributed by atoms with Crippen molar-refractivity contribution in [1.29, 1.82) is 0 Å². The molecule has 0 atom stereocenters. The Labute approximate surface area is 123 Å². The first-order valence-electron chi connectivity index (χ1n) is 6.84. The Balaban J connectivity index is 1.91. The fourth-order valence-electron chi connectivity index (χ4n) is 1.81. The highest BCUT2D eigenvalue weighted by Gasteiger charge is 2.14. The van der Waals surface area contributed by atoms with Gasteiger partial charge in [-0.1, -0.05) is 23.3 Å². The molecule has 1 aromatic carbocycles. The summed E-state index contributed by atoms with van der Waals surface area (Å²) in [6.07, 6.45) is 0.360. The number of hydrogen-bond acceptors (Lipinski definition) is 5. The van der Waals surface area contributed by atoms with Crippen molar-refractivity contribution in [3.63, 3.8) is 0 Å². The number of nitrogens with zero attached hydrogens (tertiary/aromatic N) is 4. The van der Waals surface area contributed by atoms with Gasteiger partial charge in [-0.05, 0) is 43.3 Å². The van der Waals surface area contributed by atoms with Crippen LogP contribution >= 0.6 is 0 Å². The Hall–Kier alpha value is -2.44. The normalized spacial score (nSPS) is 11.2. The van der Waals surface area contributed by atoms with Crippen LogP contribution in [0.3, 0.4) is 0 Å². The van der Waals surface area contributed by atoms with Gasteiger partial charge in [0.2, 0.25) is 11.9 Å². The number of carbonyl (C=O) groups excluding carboxylic acids is 1. The average molecular weight is 288 g/mol. The second-order valence-electron chi connectivity index (χ2n) is 5.72. The molecule has 7 nitrogen and oxygen atoms in total. The number of hydrogen-bond donors (Lipinski definition) is 2. The molecule has 1 heterocycles. The number of carbonyl (C=O) groups is 1. The third-order valence-corrected chi connectivity index (χ3v) is 2.62. The average Bonchev–Trinajstić information content (AvgIpc) is 2.86. The summed E-state index contributed by atoms with van der Waals surface area (Å²) in [5.74, 6) is 0.512. The molecule has 1 amide bonds. The Morgan fingerprint density at radius 2 is 1.95 bits per heavy atom. The maximum Gasteiger partial charge on any atom is 0.247 e. The molecule has 21 heavy (non-hydrogen) atoms. The van der Waals surface area contributed by atoms with E-state index in [2.05, 4.69) is 26.2 Å². The number of para-hydroxylation sites is 1. The lowest BCUT2D eigenvalue weighted by Crippen LogP contribution is -2.41. The van der Waals surface area contributed by atoms with E-state index in [-0.39, 0.29) is 11.4 Å². The first-order chi connectivity index (χ1) is 9.96. The maximum atomic E-state index is 11.7. The predicted molar refractivity (Wildman–Crippen MR) is 80.2 cm³/mol. The monoisotopic (exact) mass is 288 g/mol. The Bertz CT molecular complexity index is 587. The summed E-state index contributed by atoms with van der Waals surface area (Å²) in [6.45, 7) is 6.33. The molecule has 0 spiro atoms. The van der Waals surface area contributed by atoms with Gasteiger partial charge in [0.1, 0.15) is 0 Å². The number of anilines is 1. The quantitative estimate of drug-likeness (QED) is 0.868. The highest BCUT2D eigenvalue weighted by molar-refractivity contribution is 5.77. The highest BCUT2D eigenvalue weighted by atomic mass is 16.1. The zero-order valence-corrected chi connectivity index (χ0v) is 12.5. The van der Waals surface area contributed by atoms with Gasteiger partial charge in [0.15, 0.2) is 0 Å². The summed E-state index contributed by atoms with van der Waals surface area (Å²) in [5, 5.41) is 17.5. The van der Waals surface area contributed by atoms with Gasteiger partial charge in [-0.15, -0.1) is 0 Å². The molecular weight excluding hydrogens is 268 g/mol. The summed E-state index contributed by atoms with van der Waals surface area (Å²) in [4.78, 5) is 11.7. The largest absolute Gasteiger partial charge is 0.352 e. The number of rotatable bonds is 5. The van der Waals surface area contributed by atoms with Crippen LogP contribution in [0.4, 0.5) is 5.95 Å². The second kappa shape index (κ2) is 6.34. The van der Waals surface area contributed by atoms with Crippen LogP contribution in [0.2, 0.25) is 0 Å². The summed E-state index contributed by atoms with van der Waals surface area (Å²) in [5.41, 5.74) is 0.645. The lowest BCUT2D eigenvalue weighted by molar-refractivity contribution is -0.122. The minimum Gasteiger partial charge on any atom is -0.352 e. The number of amides is 1. The molecule has 2 N–H and O–H groups in total. The van der Waals surface area contributed by atoms with Crippen LogP contribution in [-0.4, -0.2) is 38.2 Å². The van der Waals surface area contributed by atoms with E-state index in [1.54, 1.807) is 4.68 Å². The van der Waals surface area contributed by atoms with Gasteiger partial charge in [0, 0.05) is 18.5 Å². The molecule has 0 saturated carbocycles. The van der Waals surface area contributed by atoms with Crippen LogP contribution in [-0.2, 0) is 4.79 Å². The van der Waals surface area contributed by atoms with Crippen molar-refractivity contribution < 1.29 is 4.79 Å². The zero-order chi connectivity index (χ0) is 15.3. The van der Waals surface area contributed by atoms with Crippen molar-refractivity contribution in [2.24, 2.45) is 0 Å². The smallest absolute Gasteiger partial charge is 0.247 e. The van der Waals surface area contributed by atoms with Crippen LogP contribution in [0.5, 0.6) is 0 Å². The van der Waals surface area contributed by atoms with Crippen LogP contribution in [0.15, 0.2) is 30.3 Å². The van der Waals surface area contributed by atoms with E-state index in [4.69, 9.17) is 0 Å². The first kappa shape index (κ1) is 15.0. The third kappa shape index (κ3) is 4.55. The van der Waals surface area contributed by atoms with Gasteiger partial charge >= 0.3 is 0 Å². The third-order valence-electron chi connectivity index (χ3n) is 2.62. The molecule has 1 aromatic heterocycles. The maximum absolute atomic E-state index is 11.7. The molecule has 0 radical (unpaired) electrons. The topological polar surface area (TPSA) is 84.7 Å². The fourth-order valence-corrected chi connectivity index (χ4v) is 1.81. The molecule has 0 saturated heterocycles. The molecule has 112 valence electrons. The lowest BCUT2D eigenvalue weighted by atomic mass is 10.1. The van der Waals surface area contributed by atoms with E-state index in [0.29, 0.717) is 18.9 Å². The Morgan fingerprint density at radius 1 is 1.24 bits per heavy atom. The first-order valence-corrected chi connectivity index (χ1v) is 6.84. The van der Waals surface area contributed by atoms with Crippen LogP contribution in [0.25, 0.3) is 5.69 Å². The van der Waals surface area contributed by atoms with E-state index in [1.807, 2.05) is 51.1 Å². The second-order valence-corrected chi connectivity index (χ2v) is 5.72. The Morgan fingerprint density at radius 3 is 2.62 bits per heavy atom. The molecule has 2 aromatic rings. The van der Waals surface area contributed by atoms with E-state index in [1.165, 1.54) is 0 Å². The summed E-state index contributed by atoms with van der Waals surface area (Å²) in [6, 6.07) is 9.58. The minimum atomic E-state index is -0.220. The van der Waals surface area contributed by atoms with E-state index >= 15 is 0 Å². The predicted octanol–water partition coefficient (Wildman–Crippen LogP) is 1.38. The number of nitrogens with one attached hydrogen (secondary N) is 2. The van der Waals surface area contributed by atoms with E-state index in [9.17, 15) is 4.79 Å². The van der Waals surface area contributed by atoms with Gasteiger partial charge in [0.25, 0.3) is 0 Å². The summed E-state index contributed by atoms with van der Waals surface area (Å²) >= 11 is 0. The van der Waals surface area contributed by atoms with Crippen LogP contribution in [0.1, 0.15) is 27.2 Å². The van der Waals surface area contributed by atoms with Gasteiger partial charge < -0.3 is 10.6 Å². The molecular formula is C14H20N6O. The van der Waals surface area contributed by atoms with E-state index in [0.717, 1.165) is 5.69 Å². The van der Waals surface area contributed by atoms with E-state index < -0.39 is 0 Å². The molecule has 0 bridgehead atoms. The highest BCUT2D eigenvalue weighted by Crippen LogP contribution is 2.10. The zero-order valence-electron chi connectivity index (χ0n) is 12.5. The van der Waals surface area contributed by atoms with Crippen molar-refractivity contribution in [3.8, 4) is 5.69 Å². The van der Waals surface area contributed by atoms with Crippen molar-refractivity contribution in [1.82, 2.24) is 25.5 Å². The number of tetrazole rings is 1. The number of benzene rings is 1. The summed E-state index contributed by atoms with van der Waals surface area (Å²) in [7, 11) is 0. The van der Waals surface area contributed by atoms with Gasteiger partial charge in [-0.2, -0.15) is 4.68 Å². The molecule has 0 aliphatic heterocycles.